The van der Waals surface area contributed by atoms with Crippen molar-refractivity contribution >= 4 is 11.6 Å². The van der Waals surface area contributed by atoms with Gasteiger partial charge in [-0.25, -0.2) is 0 Å². The van der Waals surface area contributed by atoms with Crippen LogP contribution in [0.15, 0.2) is 36.4 Å². The van der Waals surface area contributed by atoms with Crippen LogP contribution in [-0.4, -0.2) is 0 Å². The van der Waals surface area contributed by atoms with Crippen molar-refractivity contribution in [3.8, 4) is 17.6 Å². The second-order valence-corrected chi connectivity index (χ2v) is 4.77. The van der Waals surface area contributed by atoms with Crippen molar-refractivity contribution in [3.05, 3.63) is 58.1 Å². The number of ether oxygens (including phenoxy) is 1. The van der Waals surface area contributed by atoms with Gasteiger partial charge >= 0.3 is 6.18 Å². The summed E-state index contributed by atoms with van der Waals surface area (Å²) in [7, 11) is 0. The van der Waals surface area contributed by atoms with Crippen LogP contribution >= 0.6 is 11.6 Å². The van der Waals surface area contributed by atoms with Gasteiger partial charge in [-0.1, -0.05) is 11.6 Å². The highest BCUT2D eigenvalue weighted by Gasteiger charge is 2.33. The van der Waals surface area contributed by atoms with E-state index in [1.54, 1.807) is 25.1 Å². The summed E-state index contributed by atoms with van der Waals surface area (Å²) in [5.74, 6) is 0.619. The van der Waals surface area contributed by atoms with Gasteiger partial charge in [-0.05, 0) is 48.9 Å². The number of hydrogen-bond donors (Lipinski definition) is 0. The maximum absolute atomic E-state index is 12.7. The van der Waals surface area contributed by atoms with Crippen LogP contribution in [0.5, 0.6) is 11.5 Å². The molecule has 0 saturated carbocycles. The first-order valence-electron chi connectivity index (χ1n) is 5.86. The number of hydrogen-bond acceptors (Lipinski definition) is 2. The lowest BCUT2D eigenvalue weighted by molar-refractivity contribution is -0.137. The normalized spacial score (nSPS) is 11.0. The predicted molar refractivity (Wildman–Crippen MR) is 72.4 cm³/mol. The molecule has 0 N–H and O–H groups in total. The molecule has 2 aromatic carbocycles. The van der Waals surface area contributed by atoms with Crippen LogP contribution in [0.2, 0.25) is 5.02 Å². The van der Waals surface area contributed by atoms with Gasteiger partial charge in [0.2, 0.25) is 0 Å². The lowest BCUT2D eigenvalue weighted by atomic mass is 10.1. The second-order valence-electron chi connectivity index (χ2n) is 4.33. The molecule has 21 heavy (non-hydrogen) atoms. The van der Waals surface area contributed by atoms with Gasteiger partial charge in [-0.15, -0.1) is 0 Å². The molecule has 0 aliphatic carbocycles. The van der Waals surface area contributed by atoms with E-state index in [1.807, 2.05) is 0 Å². The molecular weight excluding hydrogens is 303 g/mol. The van der Waals surface area contributed by atoms with E-state index in [2.05, 4.69) is 0 Å². The van der Waals surface area contributed by atoms with Gasteiger partial charge in [0.15, 0.2) is 0 Å². The molecule has 0 heterocycles. The van der Waals surface area contributed by atoms with E-state index in [1.165, 1.54) is 12.1 Å². The SMILES string of the molecule is Cc1cc(Cl)ccc1Oc1ccc(C(F)(F)F)c(C#N)c1. The Morgan fingerprint density at radius 1 is 1.14 bits per heavy atom. The predicted octanol–water partition coefficient (Wildman–Crippen LogP) is 5.33. The highest BCUT2D eigenvalue weighted by Crippen LogP contribution is 2.35. The number of alkyl halides is 3. The Labute approximate surface area is 124 Å². The zero-order valence-corrected chi connectivity index (χ0v) is 11.6. The minimum atomic E-state index is -4.57. The zero-order valence-electron chi connectivity index (χ0n) is 10.8. The average Bonchev–Trinajstić information content (AvgIpc) is 2.40. The van der Waals surface area contributed by atoms with Crippen LogP contribution in [0.1, 0.15) is 16.7 Å². The topological polar surface area (TPSA) is 33.0 Å². The Hall–Kier alpha value is -2.19. The number of halogens is 4. The molecule has 0 aliphatic rings. The standard InChI is InChI=1S/C15H9ClF3NO/c1-9-6-11(16)2-5-14(9)21-12-3-4-13(15(17,18)19)10(7-12)8-20/h2-7H,1H3. The van der Waals surface area contributed by atoms with Crippen molar-refractivity contribution in [2.75, 3.05) is 0 Å². The van der Waals surface area contributed by atoms with Crippen LogP contribution in [0.3, 0.4) is 0 Å². The molecule has 0 aliphatic heterocycles. The second kappa shape index (κ2) is 5.66. The van der Waals surface area contributed by atoms with Crippen molar-refractivity contribution in [2.24, 2.45) is 0 Å². The Bertz CT molecular complexity index is 720. The summed E-state index contributed by atoms with van der Waals surface area (Å²) in [5.41, 5.74) is -0.724. The van der Waals surface area contributed by atoms with Crippen LogP contribution in [0, 0.1) is 18.3 Å². The third-order valence-electron chi connectivity index (χ3n) is 2.78. The first-order chi connectivity index (χ1) is 9.81. The molecule has 2 nitrogen and oxygen atoms in total. The Morgan fingerprint density at radius 3 is 2.43 bits per heavy atom. The van der Waals surface area contributed by atoms with Gasteiger partial charge in [0.1, 0.15) is 11.5 Å². The van der Waals surface area contributed by atoms with E-state index in [-0.39, 0.29) is 5.75 Å². The lowest BCUT2D eigenvalue weighted by Gasteiger charge is -2.12. The van der Waals surface area contributed by atoms with E-state index in [0.29, 0.717) is 10.8 Å². The third kappa shape index (κ3) is 3.47. The Morgan fingerprint density at radius 2 is 1.86 bits per heavy atom. The highest BCUT2D eigenvalue weighted by atomic mass is 35.5. The molecule has 0 bridgehead atoms. The summed E-state index contributed by atoms with van der Waals surface area (Å²) >= 11 is 5.81. The van der Waals surface area contributed by atoms with Gasteiger partial charge in [0.05, 0.1) is 17.2 Å². The van der Waals surface area contributed by atoms with Crippen molar-refractivity contribution in [1.82, 2.24) is 0 Å². The maximum atomic E-state index is 12.7. The Balaban J connectivity index is 2.36. The summed E-state index contributed by atoms with van der Waals surface area (Å²) in [5, 5.41) is 9.37. The first-order valence-corrected chi connectivity index (χ1v) is 6.24. The van der Waals surface area contributed by atoms with Gasteiger partial charge in [0, 0.05) is 5.02 Å². The summed E-state index contributed by atoms with van der Waals surface area (Å²) in [4.78, 5) is 0. The highest BCUT2D eigenvalue weighted by molar-refractivity contribution is 6.30. The Kier molecular flexibility index (Phi) is 4.10. The zero-order chi connectivity index (χ0) is 15.6. The average molecular weight is 312 g/mol. The number of nitriles is 1. The molecule has 0 saturated heterocycles. The fraction of sp³-hybridized carbons (Fsp3) is 0.133. The van der Waals surface area contributed by atoms with Crippen LogP contribution < -0.4 is 4.74 Å². The summed E-state index contributed by atoms with van der Waals surface area (Å²) in [6, 6.07) is 9.50. The summed E-state index contributed by atoms with van der Waals surface area (Å²) in [6.07, 6.45) is -4.57. The third-order valence-corrected chi connectivity index (χ3v) is 3.02. The molecular formula is C15H9ClF3NO. The van der Waals surface area contributed by atoms with Gasteiger partial charge in [0.25, 0.3) is 0 Å². The van der Waals surface area contributed by atoms with Gasteiger partial charge < -0.3 is 4.74 Å². The summed E-state index contributed by atoms with van der Waals surface area (Å²) in [6.45, 7) is 1.76. The minimum absolute atomic E-state index is 0.157. The van der Waals surface area contributed by atoms with Gasteiger partial charge in [-0.3, -0.25) is 0 Å². The fourth-order valence-corrected chi connectivity index (χ4v) is 2.01. The molecule has 0 amide bonds. The minimum Gasteiger partial charge on any atom is -0.457 e. The molecule has 6 heteroatoms. The molecule has 0 radical (unpaired) electrons. The van der Waals surface area contributed by atoms with E-state index in [9.17, 15) is 13.2 Å². The molecule has 108 valence electrons. The number of benzene rings is 2. The van der Waals surface area contributed by atoms with Crippen molar-refractivity contribution < 1.29 is 17.9 Å². The largest absolute Gasteiger partial charge is 0.457 e. The molecule has 2 aromatic rings. The van der Waals surface area contributed by atoms with E-state index >= 15 is 0 Å². The number of aryl methyl sites for hydroxylation is 1. The fourth-order valence-electron chi connectivity index (χ4n) is 1.78. The van der Waals surface area contributed by atoms with E-state index < -0.39 is 17.3 Å². The van der Waals surface area contributed by atoms with Gasteiger partial charge in [-0.2, -0.15) is 18.4 Å². The van der Waals surface area contributed by atoms with E-state index in [0.717, 1.165) is 17.7 Å². The molecule has 0 fully saturated rings. The van der Waals surface area contributed by atoms with Crippen molar-refractivity contribution in [1.29, 1.82) is 5.26 Å². The van der Waals surface area contributed by atoms with Crippen LogP contribution in [-0.2, 0) is 6.18 Å². The van der Waals surface area contributed by atoms with Crippen LogP contribution in [0.25, 0.3) is 0 Å². The van der Waals surface area contributed by atoms with Crippen LogP contribution in [0.4, 0.5) is 13.2 Å². The first kappa shape index (κ1) is 15.2. The smallest absolute Gasteiger partial charge is 0.417 e. The molecule has 0 unspecified atom stereocenters. The number of nitrogens with zero attached hydrogens (tertiary/aromatic N) is 1. The monoisotopic (exact) mass is 311 g/mol. The molecule has 0 aromatic heterocycles. The molecule has 2 rings (SSSR count). The quantitative estimate of drug-likeness (QED) is 0.751. The van der Waals surface area contributed by atoms with Crippen molar-refractivity contribution in [3.63, 3.8) is 0 Å². The number of rotatable bonds is 2. The maximum Gasteiger partial charge on any atom is 0.417 e. The molecule has 0 atom stereocenters. The van der Waals surface area contributed by atoms with E-state index in [4.69, 9.17) is 21.6 Å². The summed E-state index contributed by atoms with van der Waals surface area (Å²) < 4.78 is 43.6. The lowest BCUT2D eigenvalue weighted by Crippen LogP contribution is -2.07. The molecule has 0 spiro atoms. The van der Waals surface area contributed by atoms with Crippen molar-refractivity contribution in [2.45, 2.75) is 13.1 Å².